The fourth-order valence-corrected chi connectivity index (χ4v) is 3.89. The molecular formula is C21H26BrClN2. The number of hydrogen-bond acceptors (Lipinski definition) is 1. The number of hydrogen-bond donors (Lipinski definition) is 0. The van der Waals surface area contributed by atoms with E-state index in [0.29, 0.717) is 11.8 Å². The zero-order valence-corrected chi connectivity index (χ0v) is 17.7. The van der Waals surface area contributed by atoms with E-state index in [0.717, 1.165) is 17.6 Å². The molecule has 0 atom stereocenters. The van der Waals surface area contributed by atoms with E-state index in [-0.39, 0.29) is 12.4 Å². The Morgan fingerprint density at radius 1 is 0.920 bits per heavy atom. The fraction of sp³-hybridized carbons (Fsp3) is 0.381. The van der Waals surface area contributed by atoms with Crippen LogP contribution in [0.4, 0.5) is 11.4 Å². The van der Waals surface area contributed by atoms with E-state index in [4.69, 9.17) is 0 Å². The van der Waals surface area contributed by atoms with Gasteiger partial charge in [0.1, 0.15) is 24.5 Å². The third-order valence-electron chi connectivity index (χ3n) is 4.65. The minimum atomic E-state index is 0. The number of para-hydroxylation sites is 2. The highest BCUT2D eigenvalue weighted by Crippen LogP contribution is 2.35. The van der Waals surface area contributed by atoms with Crippen LogP contribution in [-0.2, 0) is 0 Å². The van der Waals surface area contributed by atoms with Crippen molar-refractivity contribution in [1.82, 2.24) is 0 Å². The van der Waals surface area contributed by atoms with Gasteiger partial charge in [0.25, 0.3) is 0 Å². The number of rotatable bonds is 4. The summed E-state index contributed by atoms with van der Waals surface area (Å²) in [6.07, 6.45) is 2.27. The number of nitrogens with zero attached hydrogens (tertiary/aromatic N) is 2. The maximum Gasteiger partial charge on any atom is 0.244 e. The van der Waals surface area contributed by atoms with Crippen LogP contribution in [0.2, 0.25) is 0 Å². The Labute approximate surface area is 166 Å². The van der Waals surface area contributed by atoms with E-state index >= 15 is 0 Å². The van der Waals surface area contributed by atoms with E-state index in [9.17, 15) is 0 Å². The second-order valence-corrected chi connectivity index (χ2v) is 7.90. The van der Waals surface area contributed by atoms with Crippen LogP contribution in [0.5, 0.6) is 0 Å². The van der Waals surface area contributed by atoms with Crippen molar-refractivity contribution in [3.63, 3.8) is 0 Å². The van der Waals surface area contributed by atoms with Gasteiger partial charge < -0.3 is 12.4 Å². The Hall–Kier alpha value is -1.32. The van der Waals surface area contributed by atoms with Crippen molar-refractivity contribution in [2.75, 3.05) is 18.0 Å². The van der Waals surface area contributed by atoms with Gasteiger partial charge >= 0.3 is 0 Å². The van der Waals surface area contributed by atoms with Crippen LogP contribution in [0.25, 0.3) is 0 Å². The normalized spacial score (nSPS) is 14.0. The molecule has 0 spiro atoms. The highest BCUT2D eigenvalue weighted by Gasteiger charge is 2.28. The second kappa shape index (κ2) is 8.37. The minimum Gasteiger partial charge on any atom is -1.00 e. The summed E-state index contributed by atoms with van der Waals surface area (Å²) in [5.41, 5.74) is 5.50. The molecule has 0 bridgehead atoms. The van der Waals surface area contributed by atoms with E-state index in [2.05, 4.69) is 102 Å². The first-order chi connectivity index (χ1) is 11.5. The topological polar surface area (TPSA) is 6.25 Å². The van der Waals surface area contributed by atoms with Gasteiger partial charge in [-0.25, -0.2) is 9.48 Å². The monoisotopic (exact) mass is 420 g/mol. The molecule has 0 saturated carbocycles. The van der Waals surface area contributed by atoms with Crippen molar-refractivity contribution < 1.29 is 17.0 Å². The molecule has 1 aliphatic rings. The quantitative estimate of drug-likeness (QED) is 0.688. The molecule has 4 heteroatoms. The van der Waals surface area contributed by atoms with Crippen molar-refractivity contribution in [2.24, 2.45) is 0 Å². The first-order valence-corrected chi connectivity index (χ1v) is 9.54. The smallest absolute Gasteiger partial charge is 0.244 e. The molecule has 2 nitrogen and oxygen atoms in total. The van der Waals surface area contributed by atoms with Crippen LogP contribution in [0.1, 0.15) is 50.7 Å². The Morgan fingerprint density at radius 3 is 2.08 bits per heavy atom. The van der Waals surface area contributed by atoms with E-state index in [1.165, 1.54) is 22.5 Å². The SMILES string of the molecule is CC(C)c1cccc(C(C)C)c1[N+]1=CN(c2ccccc2Br)CC1.[Cl-]. The summed E-state index contributed by atoms with van der Waals surface area (Å²) in [6.45, 7) is 11.2. The maximum atomic E-state index is 3.68. The minimum absolute atomic E-state index is 0. The molecule has 0 radical (unpaired) electrons. The van der Waals surface area contributed by atoms with Crippen LogP contribution < -0.4 is 17.3 Å². The average molecular weight is 422 g/mol. The second-order valence-electron chi connectivity index (χ2n) is 7.05. The number of benzene rings is 2. The lowest BCUT2D eigenvalue weighted by atomic mass is 9.92. The molecular weight excluding hydrogens is 396 g/mol. The van der Waals surface area contributed by atoms with Crippen molar-refractivity contribution in [1.29, 1.82) is 0 Å². The third-order valence-corrected chi connectivity index (χ3v) is 5.32. The molecule has 2 aromatic rings. The van der Waals surface area contributed by atoms with Gasteiger partial charge in [-0.2, -0.15) is 0 Å². The lowest BCUT2D eigenvalue weighted by Crippen LogP contribution is -3.00. The van der Waals surface area contributed by atoms with Crippen LogP contribution >= 0.6 is 15.9 Å². The molecule has 3 rings (SSSR count). The van der Waals surface area contributed by atoms with Crippen LogP contribution in [0, 0.1) is 0 Å². The van der Waals surface area contributed by atoms with E-state index in [1.54, 1.807) is 0 Å². The Balaban J connectivity index is 0.00000225. The first-order valence-electron chi connectivity index (χ1n) is 8.74. The van der Waals surface area contributed by atoms with E-state index < -0.39 is 0 Å². The van der Waals surface area contributed by atoms with Gasteiger partial charge in [0.2, 0.25) is 6.34 Å². The number of anilines is 1. The molecule has 0 unspecified atom stereocenters. The van der Waals surface area contributed by atoms with Crippen LogP contribution in [-0.4, -0.2) is 24.0 Å². The Kier molecular flexibility index (Phi) is 6.70. The van der Waals surface area contributed by atoms with Gasteiger partial charge in [-0.1, -0.05) is 58.0 Å². The summed E-state index contributed by atoms with van der Waals surface area (Å²) in [4.78, 5) is 2.34. The van der Waals surface area contributed by atoms with Crippen molar-refractivity contribution >= 4 is 33.6 Å². The van der Waals surface area contributed by atoms with Crippen molar-refractivity contribution in [2.45, 2.75) is 39.5 Å². The summed E-state index contributed by atoms with van der Waals surface area (Å²) in [7, 11) is 0. The summed E-state index contributed by atoms with van der Waals surface area (Å²) in [5, 5.41) is 0. The molecule has 0 aliphatic carbocycles. The first kappa shape index (κ1) is 20.0. The molecule has 1 aliphatic heterocycles. The largest absolute Gasteiger partial charge is 1.00 e. The maximum absolute atomic E-state index is 3.68. The van der Waals surface area contributed by atoms with Crippen molar-refractivity contribution in [3.8, 4) is 0 Å². The van der Waals surface area contributed by atoms with Crippen molar-refractivity contribution in [3.05, 3.63) is 58.1 Å². The van der Waals surface area contributed by atoms with Gasteiger partial charge in [0.15, 0.2) is 0 Å². The Morgan fingerprint density at radius 2 is 1.52 bits per heavy atom. The average Bonchev–Trinajstić information content (AvgIpc) is 3.03. The molecule has 134 valence electrons. The Bertz CT molecular complexity index is 742. The molecule has 25 heavy (non-hydrogen) atoms. The summed E-state index contributed by atoms with van der Waals surface area (Å²) in [6, 6.07) is 15.2. The number of halogens is 2. The molecule has 0 N–H and O–H groups in total. The summed E-state index contributed by atoms with van der Waals surface area (Å²) in [5.74, 6) is 1.04. The van der Waals surface area contributed by atoms with Crippen LogP contribution in [0.3, 0.4) is 0 Å². The third kappa shape index (κ3) is 4.09. The van der Waals surface area contributed by atoms with Gasteiger partial charge in [0, 0.05) is 11.1 Å². The predicted octanol–water partition coefficient (Wildman–Crippen LogP) is 2.89. The predicted molar refractivity (Wildman–Crippen MR) is 107 cm³/mol. The fourth-order valence-electron chi connectivity index (χ4n) is 3.38. The van der Waals surface area contributed by atoms with E-state index in [1.807, 2.05) is 0 Å². The standard InChI is InChI=1S/C21H26BrN2.ClH/c1-15(2)17-8-7-9-18(16(3)4)21(17)24-13-12-23(14-24)20-11-6-5-10-19(20)22;/h5-11,14-16H,12-13H2,1-4H3;1H/q+1;/p-1. The van der Waals surface area contributed by atoms with Gasteiger partial charge in [-0.05, 0) is 39.9 Å². The highest BCUT2D eigenvalue weighted by atomic mass is 79.9. The lowest BCUT2D eigenvalue weighted by molar-refractivity contribution is -0.425. The molecule has 0 amide bonds. The zero-order chi connectivity index (χ0) is 17.3. The summed E-state index contributed by atoms with van der Waals surface area (Å²) < 4.78 is 3.58. The van der Waals surface area contributed by atoms with Crippen LogP contribution in [0.15, 0.2) is 46.9 Å². The molecule has 0 saturated heterocycles. The summed E-state index contributed by atoms with van der Waals surface area (Å²) >= 11 is 3.68. The van der Waals surface area contributed by atoms with Gasteiger partial charge in [-0.15, -0.1) is 0 Å². The van der Waals surface area contributed by atoms with Gasteiger partial charge in [0.05, 0.1) is 4.47 Å². The molecule has 2 aromatic carbocycles. The zero-order valence-electron chi connectivity index (χ0n) is 15.3. The lowest BCUT2D eigenvalue weighted by Gasteiger charge is -2.17. The van der Waals surface area contributed by atoms with Gasteiger partial charge in [-0.3, -0.25) is 0 Å². The molecule has 1 heterocycles. The molecule has 0 aromatic heterocycles. The molecule has 0 fully saturated rings. The highest BCUT2D eigenvalue weighted by molar-refractivity contribution is 9.10.